The van der Waals surface area contributed by atoms with Crippen LogP contribution in [0, 0.1) is 0 Å². The number of piperazine rings is 1. The van der Waals surface area contributed by atoms with Gasteiger partial charge in [-0.15, -0.1) is 0 Å². The first-order valence-electron chi connectivity index (χ1n) is 10.4. The Bertz CT molecular complexity index is 989. The molecule has 2 heterocycles. The molecule has 0 radical (unpaired) electrons. The summed E-state index contributed by atoms with van der Waals surface area (Å²) in [4.78, 5) is 42.4. The summed E-state index contributed by atoms with van der Waals surface area (Å²) in [5.74, 6) is -0.225. The first-order chi connectivity index (χ1) is 14.3. The zero-order valence-electron chi connectivity index (χ0n) is 17.7. The number of rotatable bonds is 4. The number of fused-ring (bicyclic) bond motifs is 1. The molecule has 0 aromatic heterocycles. The van der Waals surface area contributed by atoms with Gasteiger partial charge in [0.2, 0.25) is 0 Å². The van der Waals surface area contributed by atoms with Crippen LogP contribution in [0.5, 0.6) is 0 Å². The molecule has 0 spiro atoms. The highest BCUT2D eigenvalue weighted by Crippen LogP contribution is 2.24. The van der Waals surface area contributed by atoms with Crippen molar-refractivity contribution in [1.29, 1.82) is 0 Å². The maximum absolute atomic E-state index is 12.9. The third kappa shape index (κ3) is 3.75. The fourth-order valence-electron chi connectivity index (χ4n) is 4.05. The van der Waals surface area contributed by atoms with Crippen molar-refractivity contribution in [2.75, 3.05) is 33.2 Å². The normalized spacial score (nSPS) is 17.1. The van der Waals surface area contributed by atoms with Crippen LogP contribution in [0.3, 0.4) is 0 Å². The molecule has 30 heavy (non-hydrogen) atoms. The standard InChI is InChI=1S/C24H27N3O3/c1-16(2)18-6-4-17(5-7-18)15-26-10-12-27(13-11-26)22(28)19-8-9-20-21(14-19)24(30)25(3)23(20)29/h4-9,14,16H,10-13,15H2,1-3H3. The average Bonchev–Trinajstić information content (AvgIpc) is 2.98. The topological polar surface area (TPSA) is 60.9 Å². The molecule has 0 unspecified atom stereocenters. The molecule has 6 heteroatoms. The van der Waals surface area contributed by atoms with Gasteiger partial charge in [-0.05, 0) is 35.2 Å². The van der Waals surface area contributed by atoms with Gasteiger partial charge in [-0.25, -0.2) is 0 Å². The second kappa shape index (κ2) is 8.03. The van der Waals surface area contributed by atoms with Crippen molar-refractivity contribution in [3.8, 4) is 0 Å². The predicted molar refractivity (Wildman–Crippen MR) is 115 cm³/mol. The van der Waals surface area contributed by atoms with E-state index in [2.05, 4.69) is 43.0 Å². The van der Waals surface area contributed by atoms with E-state index in [0.717, 1.165) is 24.5 Å². The van der Waals surface area contributed by atoms with E-state index < -0.39 is 0 Å². The third-order valence-corrected chi connectivity index (χ3v) is 6.05. The first-order valence-corrected chi connectivity index (χ1v) is 10.4. The van der Waals surface area contributed by atoms with Gasteiger partial charge in [-0.2, -0.15) is 0 Å². The Morgan fingerprint density at radius 1 is 0.900 bits per heavy atom. The maximum Gasteiger partial charge on any atom is 0.261 e. The summed E-state index contributed by atoms with van der Waals surface area (Å²) in [6.07, 6.45) is 0. The van der Waals surface area contributed by atoms with E-state index in [1.807, 2.05) is 4.90 Å². The van der Waals surface area contributed by atoms with Gasteiger partial charge in [0.25, 0.3) is 17.7 Å². The Balaban J connectivity index is 1.37. The first kappa shape index (κ1) is 20.3. The van der Waals surface area contributed by atoms with Crippen LogP contribution in [0.4, 0.5) is 0 Å². The molecule has 156 valence electrons. The number of imide groups is 1. The number of nitrogens with zero attached hydrogens (tertiary/aromatic N) is 3. The molecule has 4 rings (SSSR count). The van der Waals surface area contributed by atoms with Crippen molar-refractivity contribution >= 4 is 17.7 Å². The Morgan fingerprint density at radius 2 is 1.53 bits per heavy atom. The monoisotopic (exact) mass is 405 g/mol. The second-order valence-corrected chi connectivity index (χ2v) is 8.39. The minimum Gasteiger partial charge on any atom is -0.336 e. The van der Waals surface area contributed by atoms with Crippen LogP contribution in [0.2, 0.25) is 0 Å². The molecule has 0 aliphatic carbocycles. The van der Waals surface area contributed by atoms with Crippen molar-refractivity contribution in [1.82, 2.24) is 14.7 Å². The number of hydrogen-bond donors (Lipinski definition) is 0. The highest BCUT2D eigenvalue weighted by Gasteiger charge is 2.33. The molecule has 1 fully saturated rings. The van der Waals surface area contributed by atoms with Crippen LogP contribution in [-0.4, -0.2) is 65.6 Å². The number of carbonyl (C=O) groups is 3. The Kier molecular flexibility index (Phi) is 5.43. The zero-order valence-corrected chi connectivity index (χ0v) is 17.7. The molecular formula is C24H27N3O3. The molecule has 1 saturated heterocycles. The molecule has 6 nitrogen and oxygen atoms in total. The van der Waals surface area contributed by atoms with Gasteiger partial charge >= 0.3 is 0 Å². The van der Waals surface area contributed by atoms with Crippen molar-refractivity contribution < 1.29 is 14.4 Å². The summed E-state index contributed by atoms with van der Waals surface area (Å²) in [7, 11) is 1.46. The van der Waals surface area contributed by atoms with E-state index in [0.29, 0.717) is 35.7 Å². The lowest BCUT2D eigenvalue weighted by molar-refractivity contribution is 0.0627. The summed E-state index contributed by atoms with van der Waals surface area (Å²) < 4.78 is 0. The third-order valence-electron chi connectivity index (χ3n) is 6.05. The predicted octanol–water partition coefficient (Wildman–Crippen LogP) is 2.99. The van der Waals surface area contributed by atoms with Crippen LogP contribution in [0.15, 0.2) is 42.5 Å². The lowest BCUT2D eigenvalue weighted by Gasteiger charge is -2.35. The second-order valence-electron chi connectivity index (χ2n) is 8.39. The smallest absolute Gasteiger partial charge is 0.261 e. The van der Waals surface area contributed by atoms with Gasteiger partial charge < -0.3 is 4.90 Å². The molecule has 0 bridgehead atoms. The largest absolute Gasteiger partial charge is 0.336 e. The van der Waals surface area contributed by atoms with Gasteiger partial charge in [0.15, 0.2) is 0 Å². The summed E-state index contributed by atoms with van der Waals surface area (Å²) in [6, 6.07) is 13.6. The summed E-state index contributed by atoms with van der Waals surface area (Å²) in [5, 5.41) is 0. The highest BCUT2D eigenvalue weighted by atomic mass is 16.2. The molecule has 2 aromatic carbocycles. The fraction of sp³-hybridized carbons (Fsp3) is 0.375. The van der Waals surface area contributed by atoms with Crippen LogP contribution in [0.25, 0.3) is 0 Å². The highest BCUT2D eigenvalue weighted by molar-refractivity contribution is 6.21. The van der Waals surface area contributed by atoms with Gasteiger partial charge in [0.1, 0.15) is 0 Å². The van der Waals surface area contributed by atoms with Crippen molar-refractivity contribution in [3.63, 3.8) is 0 Å². The van der Waals surface area contributed by atoms with E-state index in [4.69, 9.17) is 0 Å². The van der Waals surface area contributed by atoms with Crippen molar-refractivity contribution in [2.45, 2.75) is 26.3 Å². The number of carbonyl (C=O) groups excluding carboxylic acids is 3. The van der Waals surface area contributed by atoms with E-state index in [9.17, 15) is 14.4 Å². The molecule has 2 aliphatic rings. The van der Waals surface area contributed by atoms with Crippen LogP contribution < -0.4 is 0 Å². The minimum absolute atomic E-state index is 0.0893. The van der Waals surface area contributed by atoms with Crippen LogP contribution in [0.1, 0.15) is 62.0 Å². The lowest BCUT2D eigenvalue weighted by Crippen LogP contribution is -2.48. The van der Waals surface area contributed by atoms with E-state index in [1.165, 1.54) is 18.2 Å². The molecule has 3 amide bonds. The lowest BCUT2D eigenvalue weighted by atomic mass is 10.0. The van der Waals surface area contributed by atoms with Crippen molar-refractivity contribution in [2.24, 2.45) is 0 Å². The van der Waals surface area contributed by atoms with Crippen LogP contribution in [-0.2, 0) is 6.54 Å². The molecule has 0 saturated carbocycles. The number of benzene rings is 2. The SMILES string of the molecule is CC(C)c1ccc(CN2CCN(C(=O)c3ccc4c(c3)C(=O)N(C)C4=O)CC2)cc1. The van der Waals surface area contributed by atoms with Crippen LogP contribution >= 0.6 is 0 Å². The molecule has 2 aromatic rings. The molecule has 0 atom stereocenters. The minimum atomic E-state index is -0.349. The summed E-state index contributed by atoms with van der Waals surface area (Å²) in [5.41, 5.74) is 3.77. The maximum atomic E-state index is 12.9. The molecular weight excluding hydrogens is 378 g/mol. The van der Waals surface area contributed by atoms with Gasteiger partial charge in [-0.1, -0.05) is 38.1 Å². The number of hydrogen-bond acceptors (Lipinski definition) is 4. The average molecular weight is 405 g/mol. The summed E-state index contributed by atoms with van der Waals surface area (Å²) >= 11 is 0. The van der Waals surface area contributed by atoms with Gasteiger partial charge in [0, 0.05) is 45.3 Å². The summed E-state index contributed by atoms with van der Waals surface area (Å²) in [6.45, 7) is 8.17. The molecule has 0 N–H and O–H groups in total. The molecule has 2 aliphatic heterocycles. The zero-order chi connectivity index (χ0) is 21.4. The van der Waals surface area contributed by atoms with Crippen molar-refractivity contribution in [3.05, 3.63) is 70.3 Å². The fourth-order valence-corrected chi connectivity index (χ4v) is 4.05. The van der Waals surface area contributed by atoms with E-state index in [-0.39, 0.29) is 17.7 Å². The number of amides is 3. The quantitative estimate of drug-likeness (QED) is 0.734. The Labute approximate surface area is 177 Å². The Morgan fingerprint density at radius 3 is 2.17 bits per heavy atom. The Hall–Kier alpha value is -2.99. The van der Waals surface area contributed by atoms with E-state index in [1.54, 1.807) is 18.2 Å². The van der Waals surface area contributed by atoms with Gasteiger partial charge in [0.05, 0.1) is 11.1 Å². The van der Waals surface area contributed by atoms with Gasteiger partial charge in [-0.3, -0.25) is 24.2 Å². The van der Waals surface area contributed by atoms with E-state index >= 15 is 0 Å².